The zero-order chi connectivity index (χ0) is 49.6. The minimum absolute atomic E-state index is 0.563. The summed E-state index contributed by atoms with van der Waals surface area (Å²) in [6, 6.07) is 80.8. The van der Waals surface area contributed by atoms with Gasteiger partial charge in [0.15, 0.2) is 17.5 Å². The Morgan fingerprint density at radius 2 is 0.789 bits per heavy atom. The zero-order valence-electron chi connectivity index (χ0n) is 40.5. The van der Waals surface area contributed by atoms with Gasteiger partial charge in [0.25, 0.3) is 0 Å². The molecule has 0 atom stereocenters. The Kier molecular flexibility index (Phi) is 8.43. The van der Waals surface area contributed by atoms with Gasteiger partial charge in [-0.05, 0) is 116 Å². The highest BCUT2D eigenvalue weighted by Gasteiger charge is 2.23. The average Bonchev–Trinajstić information content (AvgIpc) is 4.33. The minimum atomic E-state index is 0.563. The summed E-state index contributed by atoms with van der Waals surface area (Å²) in [6.45, 7) is 0. The molecule has 5 aromatic heterocycles. The molecule has 5 heterocycles. The van der Waals surface area contributed by atoms with Gasteiger partial charge in [-0.3, -0.25) is 0 Å². The summed E-state index contributed by atoms with van der Waals surface area (Å²) < 4.78 is 22.3. The van der Waals surface area contributed by atoms with Crippen LogP contribution < -0.4 is 0 Å². The molecule has 0 saturated carbocycles. The van der Waals surface area contributed by atoms with Crippen LogP contribution in [0.5, 0.6) is 0 Å². The van der Waals surface area contributed by atoms with Crippen LogP contribution in [0.1, 0.15) is 0 Å². The van der Waals surface area contributed by atoms with Crippen molar-refractivity contribution in [1.82, 2.24) is 19.5 Å². The van der Waals surface area contributed by atoms with Crippen molar-refractivity contribution in [1.29, 1.82) is 0 Å². The summed E-state index contributed by atoms with van der Waals surface area (Å²) in [5.74, 6) is 1.75. The third-order valence-corrected chi connectivity index (χ3v) is 15.6. The van der Waals surface area contributed by atoms with Crippen LogP contribution in [0, 0.1) is 0 Å². The van der Waals surface area contributed by atoms with Gasteiger partial charge in [-0.25, -0.2) is 15.0 Å². The summed E-state index contributed by atoms with van der Waals surface area (Å²) in [6.07, 6.45) is 0. The van der Waals surface area contributed by atoms with E-state index in [9.17, 15) is 0 Å². The molecule has 12 aromatic carbocycles. The summed E-state index contributed by atoms with van der Waals surface area (Å²) in [5, 5.41) is 15.6. The molecule has 17 rings (SSSR count). The average molecular weight is 971 g/mol. The number of rotatable bonds is 5. The molecule has 0 saturated heterocycles. The van der Waals surface area contributed by atoms with E-state index in [0.29, 0.717) is 17.5 Å². The third kappa shape index (κ3) is 5.90. The minimum Gasteiger partial charge on any atom is -0.456 e. The van der Waals surface area contributed by atoms with Crippen molar-refractivity contribution < 1.29 is 13.3 Å². The largest absolute Gasteiger partial charge is 0.456 e. The Morgan fingerprint density at radius 1 is 0.263 bits per heavy atom. The Bertz CT molecular complexity index is 5280. The second kappa shape index (κ2) is 15.6. The fourth-order valence-corrected chi connectivity index (χ4v) is 12.3. The van der Waals surface area contributed by atoms with E-state index < -0.39 is 0 Å². The number of fused-ring (bicyclic) bond motifs is 19. The number of hydrogen-bond donors (Lipinski definition) is 0. The van der Waals surface area contributed by atoms with Gasteiger partial charge in [0, 0.05) is 60.1 Å². The van der Waals surface area contributed by atoms with E-state index in [2.05, 4.69) is 193 Å². The molecule has 352 valence electrons. The zero-order valence-corrected chi connectivity index (χ0v) is 40.5. The number of benzene rings is 12. The molecule has 0 amide bonds. The third-order valence-electron chi connectivity index (χ3n) is 15.6. The first-order valence-corrected chi connectivity index (χ1v) is 25.6. The summed E-state index contributed by atoms with van der Waals surface area (Å²) in [5.41, 5.74) is 12.9. The molecule has 0 bridgehead atoms. The van der Waals surface area contributed by atoms with Gasteiger partial charge in [0.05, 0.1) is 16.4 Å². The van der Waals surface area contributed by atoms with Crippen LogP contribution in [0.4, 0.5) is 0 Å². The van der Waals surface area contributed by atoms with Gasteiger partial charge < -0.3 is 17.8 Å². The van der Waals surface area contributed by atoms with E-state index in [4.69, 9.17) is 28.2 Å². The van der Waals surface area contributed by atoms with E-state index in [1.165, 1.54) is 26.9 Å². The molecule has 0 unspecified atom stereocenters. The molecule has 0 aliphatic heterocycles. The van der Waals surface area contributed by atoms with Gasteiger partial charge >= 0.3 is 0 Å². The van der Waals surface area contributed by atoms with E-state index in [0.717, 1.165) is 127 Å². The van der Waals surface area contributed by atoms with Gasteiger partial charge in [-0.15, -0.1) is 0 Å². The standard InChI is InChI=1S/C69H38N4O3/c1-2-14-39(15-3-1)67-70-68(41-28-31-48-46-18-5-4-16-44(46)45-17-6-7-19-47(45)53(48)37-41)72-69(71-67)52-23-13-27-62-64(52)54-36-40(29-34-59(54)74-62)43-22-12-26-61-63(43)55-38-42(30-35-60(55)75-61)73-56-24-10-8-21-51(56)65-57(73)33-32-50-49-20-9-11-25-58(49)76-66(50)65/h1-38H. The van der Waals surface area contributed by atoms with Crippen LogP contribution in [0.25, 0.3) is 171 Å². The van der Waals surface area contributed by atoms with Crippen LogP contribution >= 0.6 is 0 Å². The monoisotopic (exact) mass is 970 g/mol. The fraction of sp³-hybridized carbons (Fsp3) is 0. The van der Waals surface area contributed by atoms with Gasteiger partial charge in [-0.2, -0.15) is 0 Å². The van der Waals surface area contributed by atoms with Crippen molar-refractivity contribution in [3.8, 4) is 51.0 Å². The second-order valence-electron chi connectivity index (χ2n) is 19.8. The first-order valence-electron chi connectivity index (χ1n) is 25.6. The molecule has 0 N–H and O–H groups in total. The quantitative estimate of drug-likeness (QED) is 0.160. The van der Waals surface area contributed by atoms with E-state index in [1.54, 1.807) is 0 Å². The molecule has 17 aromatic rings. The predicted molar refractivity (Wildman–Crippen MR) is 310 cm³/mol. The number of para-hydroxylation sites is 2. The maximum absolute atomic E-state index is 6.67. The highest BCUT2D eigenvalue weighted by molar-refractivity contribution is 6.27. The lowest BCUT2D eigenvalue weighted by Gasteiger charge is -2.13. The Hall–Kier alpha value is -10.4. The van der Waals surface area contributed by atoms with Crippen LogP contribution in [0.2, 0.25) is 0 Å². The molecule has 7 nitrogen and oxygen atoms in total. The Labute approximate surface area is 432 Å². The lowest BCUT2D eigenvalue weighted by atomic mass is 9.93. The molecular formula is C69H38N4O3. The Morgan fingerprint density at radius 3 is 1.55 bits per heavy atom. The van der Waals surface area contributed by atoms with Crippen LogP contribution in [0.3, 0.4) is 0 Å². The number of aromatic nitrogens is 4. The molecule has 0 fully saturated rings. The van der Waals surface area contributed by atoms with Gasteiger partial charge in [-0.1, -0.05) is 158 Å². The van der Waals surface area contributed by atoms with E-state index >= 15 is 0 Å². The first-order chi connectivity index (χ1) is 37.7. The molecule has 0 aliphatic rings. The highest BCUT2D eigenvalue weighted by Crippen LogP contribution is 2.45. The normalized spacial score (nSPS) is 12.2. The van der Waals surface area contributed by atoms with E-state index in [-0.39, 0.29) is 0 Å². The molecule has 0 aliphatic carbocycles. The lowest BCUT2D eigenvalue weighted by Crippen LogP contribution is -2.00. The maximum atomic E-state index is 6.67. The first kappa shape index (κ1) is 41.1. The van der Waals surface area contributed by atoms with Crippen molar-refractivity contribution in [2.24, 2.45) is 0 Å². The van der Waals surface area contributed by atoms with Crippen molar-refractivity contribution >= 4 is 120 Å². The molecule has 76 heavy (non-hydrogen) atoms. The fourth-order valence-electron chi connectivity index (χ4n) is 12.3. The summed E-state index contributed by atoms with van der Waals surface area (Å²) >= 11 is 0. The molecular weight excluding hydrogens is 933 g/mol. The highest BCUT2D eigenvalue weighted by atomic mass is 16.3. The van der Waals surface area contributed by atoms with Gasteiger partial charge in [0.1, 0.15) is 33.5 Å². The lowest BCUT2D eigenvalue weighted by molar-refractivity contribution is 0.669. The van der Waals surface area contributed by atoms with Crippen LogP contribution in [-0.4, -0.2) is 19.5 Å². The predicted octanol–water partition coefficient (Wildman–Crippen LogP) is 18.8. The van der Waals surface area contributed by atoms with Crippen molar-refractivity contribution in [3.05, 3.63) is 231 Å². The maximum Gasteiger partial charge on any atom is 0.164 e. The van der Waals surface area contributed by atoms with Gasteiger partial charge in [0.2, 0.25) is 0 Å². The van der Waals surface area contributed by atoms with E-state index in [1.807, 2.05) is 42.5 Å². The van der Waals surface area contributed by atoms with Crippen molar-refractivity contribution in [2.75, 3.05) is 0 Å². The summed E-state index contributed by atoms with van der Waals surface area (Å²) in [7, 11) is 0. The van der Waals surface area contributed by atoms with Crippen LogP contribution in [-0.2, 0) is 0 Å². The number of furan rings is 3. The SMILES string of the molecule is c1ccc(-c2nc(-c3ccc4c5ccccc5c5ccccc5c4c3)nc(-c3cccc4oc5ccc(-c6cccc7oc8ccc(-n9c%10ccccc%10c%10c%11oc%12ccccc%12c%11ccc%109)cc8c67)cc5c34)n2)cc1. The smallest absolute Gasteiger partial charge is 0.164 e. The second-order valence-corrected chi connectivity index (χ2v) is 19.8. The number of hydrogen-bond acceptors (Lipinski definition) is 6. The summed E-state index contributed by atoms with van der Waals surface area (Å²) in [4.78, 5) is 15.8. The molecule has 0 spiro atoms. The van der Waals surface area contributed by atoms with Crippen molar-refractivity contribution in [2.45, 2.75) is 0 Å². The topological polar surface area (TPSA) is 83.0 Å². The van der Waals surface area contributed by atoms with Crippen LogP contribution in [0.15, 0.2) is 244 Å². The van der Waals surface area contributed by atoms with Crippen molar-refractivity contribution in [3.63, 3.8) is 0 Å². The number of nitrogens with zero attached hydrogens (tertiary/aromatic N) is 4. The molecule has 0 radical (unpaired) electrons. The molecule has 7 heteroatoms. The Balaban J connectivity index is 0.841.